The topological polar surface area (TPSA) is 66.5 Å². The predicted octanol–water partition coefficient (Wildman–Crippen LogP) is 0.236. The van der Waals surface area contributed by atoms with Crippen molar-refractivity contribution in [1.82, 2.24) is 4.57 Å². The van der Waals surface area contributed by atoms with Crippen molar-refractivity contribution in [2.45, 2.75) is 19.1 Å². The molecule has 2 rings (SSSR count). The van der Waals surface area contributed by atoms with Crippen LogP contribution in [0.1, 0.15) is 6.42 Å². The van der Waals surface area contributed by atoms with Crippen molar-refractivity contribution < 1.29 is 9.47 Å². The lowest BCUT2D eigenvalue weighted by Crippen LogP contribution is -2.36. The first kappa shape index (κ1) is 11.2. The van der Waals surface area contributed by atoms with Crippen molar-refractivity contribution in [3.63, 3.8) is 0 Å². The van der Waals surface area contributed by atoms with Crippen LogP contribution in [-0.4, -0.2) is 30.5 Å². The van der Waals surface area contributed by atoms with Gasteiger partial charge in [-0.15, -0.1) is 0 Å². The first-order chi connectivity index (χ1) is 7.75. The minimum absolute atomic E-state index is 0.0267. The van der Waals surface area contributed by atoms with Gasteiger partial charge in [-0.2, -0.15) is 0 Å². The lowest BCUT2D eigenvalue weighted by atomic mass is 10.3. The predicted molar refractivity (Wildman–Crippen MR) is 60.3 cm³/mol. The molecular formula is C11H16N2O3. The first-order valence-corrected chi connectivity index (χ1v) is 5.41. The molecule has 1 aromatic heterocycles. The Morgan fingerprint density at radius 1 is 1.50 bits per heavy atom. The molecule has 0 unspecified atom stereocenters. The van der Waals surface area contributed by atoms with E-state index < -0.39 is 0 Å². The fourth-order valence-electron chi connectivity index (χ4n) is 1.52. The van der Waals surface area contributed by atoms with Crippen LogP contribution in [-0.2, 0) is 16.0 Å². The van der Waals surface area contributed by atoms with Crippen LogP contribution in [0.3, 0.4) is 0 Å². The maximum atomic E-state index is 11.4. The quantitative estimate of drug-likeness (QED) is 0.727. The van der Waals surface area contributed by atoms with Gasteiger partial charge in [0, 0.05) is 31.1 Å². The smallest absolute Gasteiger partial charge is 0.250 e. The Bertz CT molecular complexity index is 398. The molecule has 1 fully saturated rings. The number of nitrogen functional groups attached to an aromatic ring is 1. The van der Waals surface area contributed by atoms with Crippen molar-refractivity contribution >= 4 is 5.69 Å². The second-order valence-electron chi connectivity index (χ2n) is 3.88. The molecule has 0 radical (unpaired) electrons. The van der Waals surface area contributed by atoms with Crippen LogP contribution in [0.2, 0.25) is 0 Å². The van der Waals surface area contributed by atoms with Crippen molar-refractivity contribution in [3.8, 4) is 0 Å². The Morgan fingerprint density at radius 3 is 3.00 bits per heavy atom. The number of aryl methyl sites for hydroxylation is 1. The molecule has 88 valence electrons. The van der Waals surface area contributed by atoms with E-state index in [0.717, 1.165) is 6.42 Å². The van der Waals surface area contributed by atoms with Crippen molar-refractivity contribution in [1.29, 1.82) is 0 Å². The van der Waals surface area contributed by atoms with E-state index in [1.165, 1.54) is 6.07 Å². The lowest BCUT2D eigenvalue weighted by Gasteiger charge is -2.25. The van der Waals surface area contributed by atoms with Gasteiger partial charge in [-0.05, 0) is 12.5 Å². The first-order valence-electron chi connectivity index (χ1n) is 5.41. The molecular weight excluding hydrogens is 208 g/mol. The largest absolute Gasteiger partial charge is 0.398 e. The minimum atomic E-state index is -0.0267. The average Bonchev–Trinajstić information content (AvgIpc) is 2.20. The molecule has 2 N–H and O–H groups in total. The molecule has 16 heavy (non-hydrogen) atoms. The molecule has 0 atom stereocenters. The van der Waals surface area contributed by atoms with Crippen LogP contribution in [0.15, 0.2) is 23.1 Å². The van der Waals surface area contributed by atoms with Crippen LogP contribution in [0, 0.1) is 0 Å². The van der Waals surface area contributed by atoms with Crippen molar-refractivity contribution in [3.05, 3.63) is 28.7 Å². The number of hydrogen-bond acceptors (Lipinski definition) is 4. The lowest BCUT2D eigenvalue weighted by molar-refractivity contribution is -0.130. The second kappa shape index (κ2) is 5.14. The van der Waals surface area contributed by atoms with E-state index in [9.17, 15) is 4.79 Å². The number of rotatable bonds is 5. The van der Waals surface area contributed by atoms with Gasteiger partial charge in [0.1, 0.15) is 6.10 Å². The SMILES string of the molecule is Nc1ccc(=O)n(CCCOC2COC2)c1. The van der Waals surface area contributed by atoms with Crippen LogP contribution in [0.5, 0.6) is 0 Å². The highest BCUT2D eigenvalue weighted by Gasteiger charge is 2.17. The molecule has 0 aliphatic carbocycles. The third-order valence-corrected chi connectivity index (χ3v) is 2.51. The molecule has 0 aromatic carbocycles. The van der Waals surface area contributed by atoms with Gasteiger partial charge in [-0.25, -0.2) is 0 Å². The zero-order valence-corrected chi connectivity index (χ0v) is 9.09. The summed E-state index contributed by atoms with van der Waals surface area (Å²) in [6.07, 6.45) is 2.71. The molecule has 1 aliphatic rings. The van der Waals surface area contributed by atoms with Gasteiger partial charge >= 0.3 is 0 Å². The molecule has 1 saturated heterocycles. The van der Waals surface area contributed by atoms with Crippen LogP contribution in [0.4, 0.5) is 5.69 Å². The summed E-state index contributed by atoms with van der Waals surface area (Å²) in [5, 5.41) is 0. The standard InChI is InChI=1S/C11H16N2O3/c12-9-2-3-11(14)13(6-9)4-1-5-16-10-7-15-8-10/h2-3,6,10H,1,4-5,7-8,12H2. The summed E-state index contributed by atoms with van der Waals surface area (Å²) in [6.45, 7) is 2.67. The van der Waals surface area contributed by atoms with E-state index in [1.54, 1.807) is 16.8 Å². The summed E-state index contributed by atoms with van der Waals surface area (Å²) >= 11 is 0. The summed E-state index contributed by atoms with van der Waals surface area (Å²) in [5.74, 6) is 0. The molecule has 2 heterocycles. The number of aromatic nitrogens is 1. The maximum absolute atomic E-state index is 11.4. The second-order valence-corrected chi connectivity index (χ2v) is 3.88. The fraction of sp³-hybridized carbons (Fsp3) is 0.545. The highest BCUT2D eigenvalue weighted by molar-refractivity contribution is 5.33. The van der Waals surface area contributed by atoms with Gasteiger partial charge in [0.25, 0.3) is 5.56 Å². The van der Waals surface area contributed by atoms with Gasteiger partial charge in [0.05, 0.1) is 13.2 Å². The third kappa shape index (κ3) is 2.84. The van der Waals surface area contributed by atoms with Gasteiger partial charge in [-0.3, -0.25) is 4.79 Å². The summed E-state index contributed by atoms with van der Waals surface area (Å²) in [5.41, 5.74) is 6.18. The van der Waals surface area contributed by atoms with E-state index in [0.29, 0.717) is 32.1 Å². The van der Waals surface area contributed by atoms with E-state index in [2.05, 4.69) is 0 Å². The summed E-state index contributed by atoms with van der Waals surface area (Å²) < 4.78 is 12.1. The zero-order valence-electron chi connectivity index (χ0n) is 9.09. The Labute approximate surface area is 93.8 Å². The molecule has 0 saturated carbocycles. The Morgan fingerprint density at radius 2 is 2.31 bits per heavy atom. The summed E-state index contributed by atoms with van der Waals surface area (Å²) in [4.78, 5) is 11.4. The molecule has 1 aromatic rings. The molecule has 0 bridgehead atoms. The molecule has 0 amide bonds. The Hall–Kier alpha value is -1.33. The number of anilines is 1. The molecule has 5 heteroatoms. The maximum Gasteiger partial charge on any atom is 0.250 e. The Kier molecular flexibility index (Phi) is 3.58. The average molecular weight is 224 g/mol. The number of nitrogens with zero attached hydrogens (tertiary/aromatic N) is 1. The van der Waals surface area contributed by atoms with E-state index in [-0.39, 0.29) is 11.7 Å². The zero-order chi connectivity index (χ0) is 11.4. The number of pyridine rings is 1. The van der Waals surface area contributed by atoms with Crippen LogP contribution < -0.4 is 11.3 Å². The van der Waals surface area contributed by atoms with E-state index in [1.807, 2.05) is 0 Å². The summed E-state index contributed by atoms with van der Waals surface area (Å²) in [7, 11) is 0. The summed E-state index contributed by atoms with van der Waals surface area (Å²) in [6, 6.07) is 3.09. The normalized spacial score (nSPS) is 16.0. The molecule has 5 nitrogen and oxygen atoms in total. The molecule has 1 aliphatic heterocycles. The Balaban J connectivity index is 1.75. The van der Waals surface area contributed by atoms with Gasteiger partial charge in [0.15, 0.2) is 0 Å². The number of nitrogens with two attached hydrogens (primary N) is 1. The highest BCUT2D eigenvalue weighted by atomic mass is 16.6. The molecule has 0 spiro atoms. The van der Waals surface area contributed by atoms with Gasteiger partial charge in [-0.1, -0.05) is 0 Å². The van der Waals surface area contributed by atoms with E-state index in [4.69, 9.17) is 15.2 Å². The third-order valence-electron chi connectivity index (χ3n) is 2.51. The van der Waals surface area contributed by atoms with Crippen molar-refractivity contribution in [2.75, 3.05) is 25.6 Å². The van der Waals surface area contributed by atoms with Gasteiger partial charge in [0.2, 0.25) is 0 Å². The van der Waals surface area contributed by atoms with Crippen LogP contribution >= 0.6 is 0 Å². The van der Waals surface area contributed by atoms with Gasteiger partial charge < -0.3 is 19.8 Å². The monoisotopic (exact) mass is 224 g/mol. The van der Waals surface area contributed by atoms with Crippen LogP contribution in [0.25, 0.3) is 0 Å². The number of hydrogen-bond donors (Lipinski definition) is 1. The highest BCUT2D eigenvalue weighted by Crippen LogP contribution is 2.05. The van der Waals surface area contributed by atoms with E-state index >= 15 is 0 Å². The fourth-order valence-corrected chi connectivity index (χ4v) is 1.52. The van der Waals surface area contributed by atoms with Crippen molar-refractivity contribution in [2.24, 2.45) is 0 Å². The minimum Gasteiger partial charge on any atom is -0.398 e. The number of ether oxygens (including phenoxy) is 2.